The van der Waals surface area contributed by atoms with Crippen LogP contribution in [0.3, 0.4) is 0 Å². The van der Waals surface area contributed by atoms with Crippen LogP contribution in [0, 0.1) is 5.92 Å². The van der Waals surface area contributed by atoms with Crippen molar-refractivity contribution >= 4 is 30.1 Å². The minimum absolute atomic E-state index is 0. The monoisotopic (exact) mass is 372 g/mol. The molecule has 3 heterocycles. The molecule has 0 spiro atoms. The highest BCUT2D eigenvalue weighted by molar-refractivity contribution is 5.86. The van der Waals surface area contributed by atoms with E-state index >= 15 is 0 Å². The summed E-state index contributed by atoms with van der Waals surface area (Å²) in [6.45, 7) is 3.90. The molecule has 0 radical (unpaired) electrons. The molecule has 7 nitrogen and oxygen atoms in total. The van der Waals surface area contributed by atoms with Crippen LogP contribution in [0.5, 0.6) is 0 Å². The summed E-state index contributed by atoms with van der Waals surface area (Å²) in [7, 11) is 0. The summed E-state index contributed by atoms with van der Waals surface area (Å²) >= 11 is 0. The van der Waals surface area contributed by atoms with E-state index in [1.54, 1.807) is 4.90 Å². The van der Waals surface area contributed by atoms with Crippen LogP contribution in [0.15, 0.2) is 0 Å². The number of hydrogen-bond donors (Lipinski definition) is 2. The van der Waals surface area contributed by atoms with Gasteiger partial charge in [-0.05, 0) is 44.6 Å². The van der Waals surface area contributed by atoms with Crippen molar-refractivity contribution in [2.24, 2.45) is 5.92 Å². The number of carbonyl (C=O) groups is 3. The molecule has 3 fully saturated rings. The molecule has 0 aromatic rings. The van der Waals surface area contributed by atoms with Crippen molar-refractivity contribution in [3.63, 3.8) is 0 Å². The van der Waals surface area contributed by atoms with Gasteiger partial charge in [0.25, 0.3) is 0 Å². The van der Waals surface area contributed by atoms with Crippen LogP contribution in [0.2, 0.25) is 0 Å². The molecule has 142 valence electrons. The lowest BCUT2D eigenvalue weighted by Gasteiger charge is -2.34. The average Bonchev–Trinajstić information content (AvgIpc) is 3.25. The number of hydrogen-bond acceptors (Lipinski definition) is 4. The quantitative estimate of drug-likeness (QED) is 0.719. The van der Waals surface area contributed by atoms with Crippen molar-refractivity contribution in [2.75, 3.05) is 39.3 Å². The Morgan fingerprint density at radius 1 is 1.16 bits per heavy atom. The Morgan fingerprint density at radius 3 is 2.68 bits per heavy atom. The van der Waals surface area contributed by atoms with Crippen molar-refractivity contribution in [3.05, 3.63) is 0 Å². The number of nitrogens with zero attached hydrogens (tertiary/aromatic N) is 2. The first kappa shape index (κ1) is 20.0. The molecule has 2 unspecified atom stereocenters. The topological polar surface area (TPSA) is 81.8 Å². The van der Waals surface area contributed by atoms with E-state index in [1.165, 1.54) is 0 Å². The highest BCUT2D eigenvalue weighted by Gasteiger charge is 2.29. The largest absolute Gasteiger partial charge is 0.354 e. The van der Waals surface area contributed by atoms with Gasteiger partial charge in [0.15, 0.2) is 0 Å². The zero-order valence-electron chi connectivity index (χ0n) is 14.7. The van der Waals surface area contributed by atoms with Crippen LogP contribution < -0.4 is 10.6 Å². The molecule has 3 amide bonds. The van der Waals surface area contributed by atoms with E-state index in [9.17, 15) is 14.4 Å². The molecule has 0 bridgehead atoms. The third kappa shape index (κ3) is 5.31. The van der Waals surface area contributed by atoms with E-state index in [1.807, 2.05) is 4.90 Å². The van der Waals surface area contributed by atoms with Crippen molar-refractivity contribution in [3.8, 4) is 0 Å². The second kappa shape index (κ2) is 9.38. The number of piperidine rings is 1. The van der Waals surface area contributed by atoms with E-state index in [0.29, 0.717) is 32.0 Å². The Morgan fingerprint density at radius 2 is 2.00 bits per heavy atom. The van der Waals surface area contributed by atoms with Crippen molar-refractivity contribution in [2.45, 2.75) is 44.6 Å². The van der Waals surface area contributed by atoms with E-state index < -0.39 is 0 Å². The zero-order valence-corrected chi connectivity index (χ0v) is 15.5. The molecule has 0 aromatic carbocycles. The first-order chi connectivity index (χ1) is 11.6. The lowest BCUT2D eigenvalue weighted by molar-refractivity contribution is -0.139. The molecule has 3 rings (SSSR count). The van der Waals surface area contributed by atoms with Crippen LogP contribution in [0.1, 0.15) is 38.5 Å². The summed E-state index contributed by atoms with van der Waals surface area (Å²) < 4.78 is 0. The molecule has 8 heteroatoms. The van der Waals surface area contributed by atoms with Crippen LogP contribution in [-0.4, -0.2) is 72.8 Å². The number of amides is 3. The SMILES string of the molecule is Cl.O=C(NCC1CCCN(C(=O)CN2CCCC2=O)C1)C1CCCN1. The number of rotatable bonds is 5. The minimum Gasteiger partial charge on any atom is -0.354 e. The van der Waals surface area contributed by atoms with Gasteiger partial charge in [-0.1, -0.05) is 0 Å². The third-order valence-electron chi connectivity index (χ3n) is 5.31. The number of halogens is 1. The first-order valence-corrected chi connectivity index (χ1v) is 9.20. The lowest BCUT2D eigenvalue weighted by atomic mass is 9.97. The molecule has 3 saturated heterocycles. The highest BCUT2D eigenvalue weighted by Crippen LogP contribution is 2.17. The molecular formula is C17H29ClN4O3. The van der Waals surface area contributed by atoms with Gasteiger partial charge >= 0.3 is 0 Å². The third-order valence-corrected chi connectivity index (χ3v) is 5.31. The minimum atomic E-state index is -0.0486. The van der Waals surface area contributed by atoms with Crippen LogP contribution >= 0.6 is 12.4 Å². The fourth-order valence-corrected chi connectivity index (χ4v) is 3.87. The maximum atomic E-state index is 12.4. The lowest BCUT2D eigenvalue weighted by Crippen LogP contribution is -2.48. The molecule has 0 saturated carbocycles. The maximum absolute atomic E-state index is 12.4. The Kier molecular flexibility index (Phi) is 7.50. The molecule has 3 aliphatic rings. The summed E-state index contributed by atoms with van der Waals surface area (Å²) in [5.74, 6) is 0.521. The molecule has 0 aliphatic carbocycles. The fourth-order valence-electron chi connectivity index (χ4n) is 3.87. The Balaban J connectivity index is 0.00000225. The molecule has 2 atom stereocenters. The van der Waals surface area contributed by atoms with Gasteiger partial charge in [0.2, 0.25) is 17.7 Å². The second-order valence-electron chi connectivity index (χ2n) is 7.16. The number of nitrogens with one attached hydrogen (secondary N) is 2. The Labute approximate surface area is 155 Å². The fraction of sp³-hybridized carbons (Fsp3) is 0.824. The summed E-state index contributed by atoms with van der Waals surface area (Å²) in [5.41, 5.74) is 0. The van der Waals surface area contributed by atoms with Crippen LogP contribution in [0.4, 0.5) is 0 Å². The van der Waals surface area contributed by atoms with E-state index in [2.05, 4.69) is 10.6 Å². The zero-order chi connectivity index (χ0) is 16.9. The van der Waals surface area contributed by atoms with Crippen LogP contribution in [0.25, 0.3) is 0 Å². The smallest absolute Gasteiger partial charge is 0.242 e. The van der Waals surface area contributed by atoms with Gasteiger partial charge in [0.1, 0.15) is 0 Å². The van der Waals surface area contributed by atoms with Gasteiger partial charge < -0.3 is 20.4 Å². The molecule has 25 heavy (non-hydrogen) atoms. The standard InChI is InChI=1S/C17H28N4O3.ClH/c22-15-6-3-9-21(15)12-16(23)20-8-2-4-13(11-20)10-19-17(24)14-5-1-7-18-14;/h13-14,18H,1-12H2,(H,19,24);1H. The van der Waals surface area contributed by atoms with Gasteiger partial charge in [-0.25, -0.2) is 0 Å². The Bertz CT molecular complexity index is 496. The van der Waals surface area contributed by atoms with E-state index in [-0.39, 0.29) is 42.7 Å². The van der Waals surface area contributed by atoms with Crippen molar-refractivity contribution < 1.29 is 14.4 Å². The summed E-state index contributed by atoms with van der Waals surface area (Å²) in [4.78, 5) is 39.7. The normalized spacial score (nSPS) is 26.5. The average molecular weight is 373 g/mol. The predicted octanol–water partition coefficient (Wildman–Crippen LogP) is 0.137. The molecular weight excluding hydrogens is 344 g/mol. The molecule has 0 aromatic heterocycles. The highest BCUT2D eigenvalue weighted by atomic mass is 35.5. The van der Waals surface area contributed by atoms with Crippen molar-refractivity contribution in [1.82, 2.24) is 20.4 Å². The molecule has 3 aliphatic heterocycles. The summed E-state index contributed by atoms with van der Waals surface area (Å²) in [6.07, 6.45) is 5.38. The number of carbonyl (C=O) groups excluding carboxylic acids is 3. The van der Waals surface area contributed by atoms with Gasteiger partial charge in [0.05, 0.1) is 12.6 Å². The Hall–Kier alpha value is -1.34. The maximum Gasteiger partial charge on any atom is 0.242 e. The predicted molar refractivity (Wildman–Crippen MR) is 96.4 cm³/mol. The molecule has 2 N–H and O–H groups in total. The van der Waals surface area contributed by atoms with E-state index in [0.717, 1.165) is 45.2 Å². The van der Waals surface area contributed by atoms with Gasteiger partial charge in [-0.2, -0.15) is 0 Å². The number of likely N-dealkylation sites (tertiary alicyclic amines) is 2. The van der Waals surface area contributed by atoms with Gasteiger partial charge in [-0.3, -0.25) is 14.4 Å². The first-order valence-electron chi connectivity index (χ1n) is 9.20. The second-order valence-corrected chi connectivity index (χ2v) is 7.16. The summed E-state index contributed by atoms with van der Waals surface area (Å²) in [5, 5.41) is 6.23. The van der Waals surface area contributed by atoms with Crippen LogP contribution in [-0.2, 0) is 14.4 Å². The van der Waals surface area contributed by atoms with E-state index in [4.69, 9.17) is 0 Å². The van der Waals surface area contributed by atoms with Gasteiger partial charge in [-0.15, -0.1) is 12.4 Å². The van der Waals surface area contributed by atoms with Gasteiger partial charge in [0, 0.05) is 32.6 Å². The van der Waals surface area contributed by atoms with Crippen molar-refractivity contribution in [1.29, 1.82) is 0 Å². The summed E-state index contributed by atoms with van der Waals surface area (Å²) in [6, 6.07) is -0.0486.